The minimum absolute atomic E-state index is 0.379. The fraction of sp³-hybridized carbons (Fsp3) is 0.909. The predicted octanol–water partition coefficient (Wildman–Crippen LogP) is 0.496. The molecule has 5 heteroatoms. The third-order valence-electron chi connectivity index (χ3n) is 2.62. The molecule has 0 aromatic carbocycles. The summed E-state index contributed by atoms with van der Waals surface area (Å²) in [5.74, 6) is 0.493. The Balaban J connectivity index is 2.05. The third kappa shape index (κ3) is 5.92. The monoisotopic (exact) mass is 229 g/mol. The van der Waals surface area contributed by atoms with Gasteiger partial charge in [-0.05, 0) is 25.7 Å². The fourth-order valence-electron chi connectivity index (χ4n) is 1.70. The Morgan fingerprint density at radius 2 is 2.44 bits per heavy atom. The van der Waals surface area contributed by atoms with Crippen LogP contribution in [0.5, 0.6) is 0 Å². The molecule has 3 N–H and O–H groups in total. The van der Waals surface area contributed by atoms with E-state index in [9.17, 15) is 0 Å². The van der Waals surface area contributed by atoms with Crippen molar-refractivity contribution in [2.75, 3.05) is 33.4 Å². The fourth-order valence-corrected chi connectivity index (χ4v) is 1.70. The molecule has 0 radical (unpaired) electrons. The summed E-state index contributed by atoms with van der Waals surface area (Å²) >= 11 is 0. The first-order valence-electron chi connectivity index (χ1n) is 5.97. The molecule has 0 aromatic heterocycles. The summed E-state index contributed by atoms with van der Waals surface area (Å²) in [5.41, 5.74) is 5.67. The van der Waals surface area contributed by atoms with Gasteiger partial charge in [0.05, 0.1) is 12.7 Å². The summed E-state index contributed by atoms with van der Waals surface area (Å²) in [6.07, 6.45) is 4.97. The van der Waals surface area contributed by atoms with Crippen LogP contribution in [-0.2, 0) is 9.47 Å². The van der Waals surface area contributed by atoms with Gasteiger partial charge in [0.15, 0.2) is 5.96 Å². The van der Waals surface area contributed by atoms with Crippen molar-refractivity contribution < 1.29 is 9.47 Å². The summed E-state index contributed by atoms with van der Waals surface area (Å²) in [6.45, 7) is 2.97. The molecule has 1 fully saturated rings. The van der Waals surface area contributed by atoms with Crippen LogP contribution in [-0.4, -0.2) is 45.5 Å². The van der Waals surface area contributed by atoms with Crippen molar-refractivity contribution in [2.24, 2.45) is 10.7 Å². The van der Waals surface area contributed by atoms with Crippen molar-refractivity contribution in [3.05, 3.63) is 0 Å². The maximum atomic E-state index is 5.67. The van der Waals surface area contributed by atoms with Crippen LogP contribution in [0.2, 0.25) is 0 Å². The average molecular weight is 229 g/mol. The number of hydrogen-bond acceptors (Lipinski definition) is 3. The number of nitrogens with two attached hydrogens (primary N) is 1. The van der Waals surface area contributed by atoms with E-state index >= 15 is 0 Å². The molecule has 1 unspecified atom stereocenters. The van der Waals surface area contributed by atoms with Gasteiger partial charge >= 0.3 is 0 Å². The summed E-state index contributed by atoms with van der Waals surface area (Å²) in [6, 6.07) is 0. The highest BCUT2D eigenvalue weighted by Gasteiger charge is 2.12. The van der Waals surface area contributed by atoms with Crippen molar-refractivity contribution in [2.45, 2.75) is 31.8 Å². The lowest BCUT2D eigenvalue weighted by molar-refractivity contribution is 0.0129. The van der Waals surface area contributed by atoms with Crippen LogP contribution in [0.25, 0.3) is 0 Å². The first-order valence-corrected chi connectivity index (χ1v) is 5.97. The highest BCUT2D eigenvalue weighted by Crippen LogP contribution is 2.15. The van der Waals surface area contributed by atoms with Gasteiger partial charge in [0, 0.05) is 26.8 Å². The van der Waals surface area contributed by atoms with E-state index in [1.165, 1.54) is 12.8 Å². The Morgan fingerprint density at radius 3 is 3.12 bits per heavy atom. The van der Waals surface area contributed by atoms with Gasteiger partial charge in [-0.2, -0.15) is 0 Å². The summed E-state index contributed by atoms with van der Waals surface area (Å²) in [4.78, 5) is 4.24. The van der Waals surface area contributed by atoms with Gasteiger partial charge < -0.3 is 20.5 Å². The molecule has 1 heterocycles. The molecule has 16 heavy (non-hydrogen) atoms. The van der Waals surface area contributed by atoms with Crippen molar-refractivity contribution in [1.29, 1.82) is 0 Å². The Kier molecular flexibility index (Phi) is 6.92. The number of hydrogen-bond donors (Lipinski definition) is 2. The van der Waals surface area contributed by atoms with E-state index in [2.05, 4.69) is 10.3 Å². The number of ether oxygens (including phenoxy) is 2. The Labute approximate surface area is 97.4 Å². The molecular formula is C11H23N3O2. The molecule has 1 aliphatic heterocycles. The maximum Gasteiger partial charge on any atom is 0.188 e. The largest absolute Gasteiger partial charge is 0.383 e. The highest BCUT2D eigenvalue weighted by molar-refractivity contribution is 5.77. The van der Waals surface area contributed by atoms with Gasteiger partial charge in [-0.1, -0.05) is 0 Å². The van der Waals surface area contributed by atoms with Crippen LogP contribution in [0.15, 0.2) is 4.99 Å². The topological polar surface area (TPSA) is 68.9 Å². The van der Waals surface area contributed by atoms with E-state index in [1.807, 2.05) is 0 Å². The lowest BCUT2D eigenvalue weighted by Crippen LogP contribution is -2.34. The molecule has 0 bridgehead atoms. The zero-order chi connectivity index (χ0) is 11.6. The number of aliphatic imine (C=N–C) groups is 1. The van der Waals surface area contributed by atoms with Crippen molar-refractivity contribution in [3.63, 3.8) is 0 Å². The van der Waals surface area contributed by atoms with Crippen LogP contribution >= 0.6 is 0 Å². The van der Waals surface area contributed by atoms with Crippen LogP contribution in [0.1, 0.15) is 25.7 Å². The van der Waals surface area contributed by atoms with Crippen LogP contribution < -0.4 is 11.1 Å². The smallest absolute Gasteiger partial charge is 0.188 e. The predicted molar refractivity (Wildman–Crippen MR) is 64.6 cm³/mol. The SMILES string of the molecule is COCCNC(N)=NCCC1CCCCO1. The van der Waals surface area contributed by atoms with Gasteiger partial charge in [-0.15, -0.1) is 0 Å². The Bertz CT molecular complexity index is 203. The van der Waals surface area contributed by atoms with Gasteiger partial charge in [-0.3, -0.25) is 4.99 Å². The van der Waals surface area contributed by atoms with Crippen molar-refractivity contribution >= 4 is 5.96 Å². The molecule has 1 saturated heterocycles. The molecule has 94 valence electrons. The minimum atomic E-state index is 0.379. The maximum absolute atomic E-state index is 5.67. The van der Waals surface area contributed by atoms with Gasteiger partial charge in [-0.25, -0.2) is 0 Å². The summed E-state index contributed by atoms with van der Waals surface area (Å²) in [5, 5.41) is 2.98. The zero-order valence-electron chi connectivity index (χ0n) is 10.1. The third-order valence-corrected chi connectivity index (χ3v) is 2.62. The second-order valence-electron chi connectivity index (χ2n) is 3.96. The molecular weight excluding hydrogens is 206 g/mol. The average Bonchev–Trinajstić information content (AvgIpc) is 2.31. The van der Waals surface area contributed by atoms with Crippen LogP contribution in [0, 0.1) is 0 Å². The molecule has 5 nitrogen and oxygen atoms in total. The zero-order valence-corrected chi connectivity index (χ0v) is 10.1. The lowest BCUT2D eigenvalue weighted by Gasteiger charge is -2.21. The Morgan fingerprint density at radius 1 is 1.56 bits per heavy atom. The first kappa shape index (κ1) is 13.3. The normalized spacial score (nSPS) is 22.1. The number of nitrogens with zero attached hydrogens (tertiary/aromatic N) is 1. The quantitative estimate of drug-likeness (QED) is 0.395. The minimum Gasteiger partial charge on any atom is -0.383 e. The van der Waals surface area contributed by atoms with Crippen LogP contribution in [0.4, 0.5) is 0 Å². The molecule has 0 spiro atoms. The molecule has 1 atom stereocenters. The van der Waals surface area contributed by atoms with Gasteiger partial charge in [0.25, 0.3) is 0 Å². The van der Waals surface area contributed by atoms with E-state index in [-0.39, 0.29) is 0 Å². The van der Waals surface area contributed by atoms with E-state index in [0.29, 0.717) is 25.2 Å². The Hall–Kier alpha value is -0.810. The van der Waals surface area contributed by atoms with Crippen molar-refractivity contribution in [1.82, 2.24) is 5.32 Å². The van der Waals surface area contributed by atoms with E-state index in [1.54, 1.807) is 7.11 Å². The van der Waals surface area contributed by atoms with E-state index in [0.717, 1.165) is 26.0 Å². The molecule has 0 aromatic rings. The standard InChI is InChI=1S/C11H23N3O2/c1-15-9-7-14-11(12)13-6-5-10-4-2-3-8-16-10/h10H,2-9H2,1H3,(H3,12,13,14). The molecule has 0 saturated carbocycles. The van der Waals surface area contributed by atoms with Gasteiger partial charge in [0.2, 0.25) is 0 Å². The summed E-state index contributed by atoms with van der Waals surface area (Å²) in [7, 11) is 1.66. The highest BCUT2D eigenvalue weighted by atomic mass is 16.5. The van der Waals surface area contributed by atoms with E-state index < -0.39 is 0 Å². The van der Waals surface area contributed by atoms with Gasteiger partial charge in [0.1, 0.15) is 0 Å². The molecule has 1 rings (SSSR count). The number of guanidine groups is 1. The number of methoxy groups -OCH3 is 1. The number of rotatable bonds is 6. The van der Waals surface area contributed by atoms with Crippen LogP contribution in [0.3, 0.4) is 0 Å². The second-order valence-corrected chi connectivity index (χ2v) is 3.96. The first-order chi connectivity index (χ1) is 7.83. The molecule has 0 aliphatic carbocycles. The molecule has 1 aliphatic rings. The lowest BCUT2D eigenvalue weighted by atomic mass is 10.1. The number of nitrogens with one attached hydrogen (secondary N) is 1. The summed E-state index contributed by atoms with van der Waals surface area (Å²) < 4.78 is 10.5. The molecule has 0 amide bonds. The van der Waals surface area contributed by atoms with E-state index in [4.69, 9.17) is 15.2 Å². The second kappa shape index (κ2) is 8.35. The van der Waals surface area contributed by atoms with Crippen molar-refractivity contribution in [3.8, 4) is 0 Å².